The standard InChI is InChI=1S/C43H70NO10P/c1-3-5-7-9-11-13-15-17-18-19-20-21-22-23-25-27-29-31-33-35-42(46)54-39(37-52-55(49,50)53-38-40(44)43(47)48)36-51-41(45)34-32-30-28-26-24-16-14-12-10-8-6-4-2/h5,7,11-14,17-18,20-21,23,25,29,31,39-40H,3-4,6,8-10,15-16,19,22,24,26-28,30,32-38,44H2,1-2H3,(H,47,48)(H,49,50)/b7-5-,13-11-,14-12-,18-17-,21-20-,25-23-,31-29-. The summed E-state index contributed by atoms with van der Waals surface area (Å²) in [5, 5.41) is 8.87. The Bertz CT molecular complexity index is 1250. The maximum atomic E-state index is 12.6. The van der Waals surface area contributed by atoms with E-state index in [1.807, 2.05) is 18.2 Å². The van der Waals surface area contributed by atoms with Crippen LogP contribution >= 0.6 is 7.82 Å². The minimum Gasteiger partial charge on any atom is -0.480 e. The second-order valence-electron chi connectivity index (χ2n) is 13.0. The van der Waals surface area contributed by atoms with Crippen molar-refractivity contribution in [1.29, 1.82) is 0 Å². The van der Waals surface area contributed by atoms with Crippen molar-refractivity contribution >= 4 is 25.7 Å². The Balaban J connectivity index is 4.57. The molecule has 0 bridgehead atoms. The summed E-state index contributed by atoms with van der Waals surface area (Å²) in [6.45, 7) is 2.55. The van der Waals surface area contributed by atoms with Gasteiger partial charge in [0.25, 0.3) is 0 Å². The van der Waals surface area contributed by atoms with Crippen molar-refractivity contribution in [1.82, 2.24) is 0 Å². The third-order valence-electron chi connectivity index (χ3n) is 7.89. The van der Waals surface area contributed by atoms with Gasteiger partial charge in [0.2, 0.25) is 0 Å². The van der Waals surface area contributed by atoms with E-state index in [0.29, 0.717) is 19.3 Å². The number of rotatable bonds is 36. The summed E-state index contributed by atoms with van der Waals surface area (Å²) < 4.78 is 32.5. The quantitative estimate of drug-likeness (QED) is 0.0239. The molecule has 0 spiro atoms. The molecule has 0 saturated carbocycles. The van der Waals surface area contributed by atoms with Gasteiger partial charge in [0.1, 0.15) is 12.6 Å². The van der Waals surface area contributed by atoms with Gasteiger partial charge in [-0.2, -0.15) is 0 Å². The van der Waals surface area contributed by atoms with Crippen molar-refractivity contribution < 1.29 is 47.5 Å². The Hall–Kier alpha value is -3.34. The Morgan fingerprint density at radius 3 is 1.60 bits per heavy atom. The Kier molecular flexibility index (Phi) is 35.3. The van der Waals surface area contributed by atoms with Crippen LogP contribution in [0.25, 0.3) is 0 Å². The predicted molar refractivity (Wildman–Crippen MR) is 221 cm³/mol. The highest BCUT2D eigenvalue weighted by molar-refractivity contribution is 7.47. The average Bonchev–Trinajstić information content (AvgIpc) is 3.16. The van der Waals surface area contributed by atoms with E-state index in [-0.39, 0.29) is 19.4 Å². The van der Waals surface area contributed by atoms with Gasteiger partial charge in [0.05, 0.1) is 13.2 Å². The van der Waals surface area contributed by atoms with Crippen LogP contribution in [0.2, 0.25) is 0 Å². The number of hydrogen-bond acceptors (Lipinski definition) is 9. The van der Waals surface area contributed by atoms with E-state index in [9.17, 15) is 23.8 Å². The molecule has 0 saturated heterocycles. The fourth-order valence-electron chi connectivity index (χ4n) is 4.73. The van der Waals surface area contributed by atoms with Crippen molar-refractivity contribution in [3.63, 3.8) is 0 Å². The first kappa shape index (κ1) is 51.7. The molecule has 3 unspecified atom stereocenters. The summed E-state index contributed by atoms with van der Waals surface area (Å²) in [6, 6.07) is -1.54. The monoisotopic (exact) mass is 791 g/mol. The highest BCUT2D eigenvalue weighted by Gasteiger charge is 2.28. The Labute approximate surface area is 331 Å². The number of esters is 2. The molecule has 0 fully saturated rings. The molecule has 0 aliphatic carbocycles. The number of allylic oxidation sites excluding steroid dienone is 14. The molecular formula is C43H70NO10P. The van der Waals surface area contributed by atoms with Gasteiger partial charge in [0.15, 0.2) is 6.10 Å². The molecule has 3 atom stereocenters. The molecule has 0 aliphatic heterocycles. The summed E-state index contributed by atoms with van der Waals surface area (Å²) in [6.07, 6.45) is 45.3. The third-order valence-corrected chi connectivity index (χ3v) is 8.84. The highest BCUT2D eigenvalue weighted by Crippen LogP contribution is 2.43. The fraction of sp³-hybridized carbons (Fsp3) is 0.605. The van der Waals surface area contributed by atoms with Crippen LogP contribution < -0.4 is 5.73 Å². The second kappa shape index (κ2) is 37.6. The zero-order valence-electron chi connectivity index (χ0n) is 33.5. The summed E-state index contributed by atoms with van der Waals surface area (Å²) in [4.78, 5) is 45.8. The van der Waals surface area contributed by atoms with Crippen molar-refractivity contribution in [2.75, 3.05) is 19.8 Å². The number of carboxylic acids is 1. The third kappa shape index (κ3) is 37.4. The van der Waals surface area contributed by atoms with Gasteiger partial charge in [-0.25, -0.2) is 4.57 Å². The summed E-state index contributed by atoms with van der Waals surface area (Å²) in [5.41, 5.74) is 5.31. The number of carboxylic acid groups (broad SMARTS) is 1. The van der Waals surface area contributed by atoms with Crippen molar-refractivity contribution in [3.05, 3.63) is 85.1 Å². The molecule has 0 radical (unpaired) electrons. The van der Waals surface area contributed by atoms with Crippen LogP contribution in [0.1, 0.15) is 136 Å². The Morgan fingerprint density at radius 1 is 0.582 bits per heavy atom. The predicted octanol–water partition coefficient (Wildman–Crippen LogP) is 10.3. The lowest BCUT2D eigenvalue weighted by Gasteiger charge is -2.20. The maximum Gasteiger partial charge on any atom is 0.472 e. The molecule has 312 valence electrons. The van der Waals surface area contributed by atoms with Crippen LogP contribution in [-0.4, -0.2) is 59.9 Å². The number of aliphatic carboxylic acids is 1. The number of carbonyl (C=O) groups is 3. The molecule has 0 rings (SSSR count). The maximum absolute atomic E-state index is 12.6. The first-order valence-electron chi connectivity index (χ1n) is 20.1. The van der Waals surface area contributed by atoms with Crippen molar-refractivity contribution in [2.24, 2.45) is 5.73 Å². The molecule has 12 heteroatoms. The van der Waals surface area contributed by atoms with E-state index in [1.165, 1.54) is 19.3 Å². The zero-order valence-corrected chi connectivity index (χ0v) is 34.4. The molecule has 0 aromatic rings. The smallest absolute Gasteiger partial charge is 0.472 e. The number of ether oxygens (including phenoxy) is 2. The fourth-order valence-corrected chi connectivity index (χ4v) is 5.51. The lowest BCUT2D eigenvalue weighted by molar-refractivity contribution is -0.161. The Morgan fingerprint density at radius 2 is 1.05 bits per heavy atom. The van der Waals surface area contributed by atoms with Crippen LogP contribution in [0.15, 0.2) is 85.1 Å². The van der Waals surface area contributed by atoms with Gasteiger partial charge < -0.3 is 25.2 Å². The number of carbonyl (C=O) groups excluding carboxylic acids is 2. The molecule has 55 heavy (non-hydrogen) atoms. The molecule has 0 amide bonds. The lowest BCUT2D eigenvalue weighted by Crippen LogP contribution is -2.34. The van der Waals surface area contributed by atoms with Gasteiger partial charge in [-0.1, -0.05) is 131 Å². The molecule has 0 aromatic carbocycles. The lowest BCUT2D eigenvalue weighted by atomic mass is 10.1. The molecule has 0 aliphatic rings. The summed E-state index contributed by atoms with van der Waals surface area (Å²) in [5.74, 6) is -2.51. The summed E-state index contributed by atoms with van der Waals surface area (Å²) >= 11 is 0. The zero-order chi connectivity index (χ0) is 40.7. The van der Waals surface area contributed by atoms with E-state index in [0.717, 1.165) is 70.6 Å². The SMILES string of the molecule is CC/C=C\C/C=C\C/C=C\C/C=C\C/C=C\C/C=C\CCC(=O)OC(COC(=O)CCCCCCC/C=C\CCCCC)COP(=O)(O)OCC(N)C(=O)O. The largest absolute Gasteiger partial charge is 0.480 e. The van der Waals surface area contributed by atoms with E-state index in [2.05, 4.69) is 85.2 Å². The molecule has 11 nitrogen and oxygen atoms in total. The molecule has 0 heterocycles. The first-order valence-corrected chi connectivity index (χ1v) is 21.6. The molecular weight excluding hydrogens is 721 g/mol. The van der Waals surface area contributed by atoms with Crippen molar-refractivity contribution in [3.8, 4) is 0 Å². The van der Waals surface area contributed by atoms with Crippen LogP contribution in [0.4, 0.5) is 0 Å². The number of phosphoric ester groups is 1. The second-order valence-corrected chi connectivity index (χ2v) is 14.5. The first-order chi connectivity index (χ1) is 26.6. The number of phosphoric acid groups is 1. The van der Waals surface area contributed by atoms with Crippen LogP contribution in [-0.2, 0) is 37.5 Å². The van der Waals surface area contributed by atoms with Gasteiger partial charge in [-0.15, -0.1) is 0 Å². The number of nitrogens with two attached hydrogens (primary N) is 1. The normalized spacial score (nSPS) is 14.7. The van der Waals surface area contributed by atoms with Crippen LogP contribution in [0.5, 0.6) is 0 Å². The molecule has 0 aromatic heterocycles. The number of hydrogen-bond donors (Lipinski definition) is 3. The van der Waals surface area contributed by atoms with Crippen molar-refractivity contribution in [2.45, 2.75) is 148 Å². The van der Waals surface area contributed by atoms with Gasteiger partial charge in [-0.3, -0.25) is 23.4 Å². The minimum absolute atomic E-state index is 0.0298. The van der Waals surface area contributed by atoms with Gasteiger partial charge in [0, 0.05) is 12.8 Å². The average molecular weight is 792 g/mol. The van der Waals surface area contributed by atoms with E-state index < -0.39 is 51.1 Å². The van der Waals surface area contributed by atoms with E-state index in [1.54, 1.807) is 0 Å². The van der Waals surface area contributed by atoms with Crippen LogP contribution in [0.3, 0.4) is 0 Å². The number of unbranched alkanes of at least 4 members (excludes halogenated alkanes) is 8. The van der Waals surface area contributed by atoms with E-state index >= 15 is 0 Å². The van der Waals surface area contributed by atoms with Gasteiger partial charge in [-0.05, 0) is 77.0 Å². The van der Waals surface area contributed by atoms with E-state index in [4.69, 9.17) is 24.8 Å². The molecule has 4 N–H and O–H groups in total. The van der Waals surface area contributed by atoms with Crippen LogP contribution in [0, 0.1) is 0 Å². The summed E-state index contributed by atoms with van der Waals surface area (Å²) in [7, 11) is -4.74. The minimum atomic E-state index is -4.74. The topological polar surface area (TPSA) is 172 Å². The highest BCUT2D eigenvalue weighted by atomic mass is 31.2. The van der Waals surface area contributed by atoms with Gasteiger partial charge >= 0.3 is 25.7 Å².